The fraction of sp³-hybridized carbons (Fsp3) is 0.747. The average Bonchev–Trinajstić information content (AvgIpc) is 1.76. The number of nitrogens with zero attached hydrogens (tertiary/aromatic N) is 4. The van der Waals surface area contributed by atoms with Crippen LogP contribution in [-0.4, -0.2) is 377 Å². The molecule has 0 aromatic heterocycles. The number of benzene rings is 1. The highest BCUT2D eigenvalue weighted by atomic mass is 16.6. The molecular formula is C87H146N12O28. The molecule has 3 rings (SSSR count). The largest absolute Gasteiger partial charge is 0.464 e. The van der Waals surface area contributed by atoms with Gasteiger partial charge >= 0.3 is 12.1 Å². The molecule has 0 aliphatic carbocycles. The van der Waals surface area contributed by atoms with Crippen LogP contribution < -0.4 is 42.5 Å². The minimum Gasteiger partial charge on any atom is -0.464 e. The Kier molecular flexibility index (Phi) is 58.9. The van der Waals surface area contributed by atoms with Crippen molar-refractivity contribution in [2.45, 2.75) is 181 Å². The third-order valence-corrected chi connectivity index (χ3v) is 20.9. The summed E-state index contributed by atoms with van der Waals surface area (Å²) in [5.41, 5.74) is 0.756. The fourth-order valence-electron chi connectivity index (χ4n) is 13.8. The molecule has 12 amide bonds. The lowest BCUT2D eigenvalue weighted by Crippen LogP contribution is -2.59. The number of carbonyl (C=O) groups excluding carboxylic acids is 14. The predicted molar refractivity (Wildman–Crippen MR) is 464 cm³/mol. The Labute approximate surface area is 748 Å². The predicted octanol–water partition coefficient (Wildman–Crippen LogP) is 0.599. The molecule has 40 nitrogen and oxygen atoms in total. The van der Waals surface area contributed by atoms with E-state index in [1.807, 2.05) is 90.9 Å². The van der Waals surface area contributed by atoms with Crippen LogP contribution in [-0.2, 0) is 135 Å². The minimum absolute atomic E-state index is 0.0118. The van der Waals surface area contributed by atoms with Crippen molar-refractivity contribution in [3.05, 3.63) is 48.0 Å². The summed E-state index contributed by atoms with van der Waals surface area (Å²) in [6.07, 6.45) is 1.84. The van der Waals surface area contributed by atoms with E-state index < -0.39 is 133 Å². The van der Waals surface area contributed by atoms with Crippen LogP contribution in [0, 0.1) is 23.7 Å². The molecule has 11 atom stereocenters. The summed E-state index contributed by atoms with van der Waals surface area (Å²) in [6.45, 7) is 19.3. The van der Waals surface area contributed by atoms with E-state index in [-0.39, 0.29) is 172 Å². The van der Waals surface area contributed by atoms with Gasteiger partial charge in [0.2, 0.25) is 53.2 Å². The smallest absolute Gasteiger partial charge is 0.407 e. The van der Waals surface area contributed by atoms with Crippen LogP contribution in [0.3, 0.4) is 0 Å². The Balaban J connectivity index is 1.48. The van der Waals surface area contributed by atoms with Crippen LogP contribution in [0.5, 0.6) is 0 Å². The quantitative estimate of drug-likeness (QED) is 0.0251. The second kappa shape index (κ2) is 66.6. The number of methoxy groups -OCH3 is 3. The third kappa shape index (κ3) is 46.4. The maximum Gasteiger partial charge on any atom is 0.407 e. The van der Waals surface area contributed by atoms with E-state index in [4.69, 9.17) is 66.3 Å². The number of likely N-dealkylation sites (tertiary alicyclic amines) is 1. The maximum absolute atomic E-state index is 14.6. The molecule has 8 N–H and O–H groups in total. The topological polar surface area (TPSA) is 477 Å². The molecule has 0 saturated carbocycles. The number of hydrogen-bond acceptors (Lipinski definition) is 29. The highest BCUT2D eigenvalue weighted by Crippen LogP contribution is 2.30. The molecular weight excluding hydrogens is 1660 g/mol. The number of esters is 1. The van der Waals surface area contributed by atoms with Crippen LogP contribution in [0.1, 0.15) is 125 Å². The molecule has 2 unspecified atom stereocenters. The summed E-state index contributed by atoms with van der Waals surface area (Å²) in [5.74, 6) is -7.74. The number of rotatable bonds is 73. The molecule has 1 aromatic carbocycles. The van der Waals surface area contributed by atoms with Crippen molar-refractivity contribution in [1.82, 2.24) is 62.1 Å². The first kappa shape index (κ1) is 112. The normalized spacial score (nSPS) is 15.6. The Morgan fingerprint density at radius 3 is 1.62 bits per heavy atom. The van der Waals surface area contributed by atoms with E-state index in [2.05, 4.69) is 42.5 Å². The number of ketones is 1. The van der Waals surface area contributed by atoms with Crippen molar-refractivity contribution in [2.24, 2.45) is 23.7 Å². The molecule has 2 aliphatic rings. The van der Waals surface area contributed by atoms with Gasteiger partial charge in [0, 0.05) is 112 Å². The lowest BCUT2D eigenvalue weighted by atomic mass is 9.89. The Hall–Kier alpha value is -8.78. The van der Waals surface area contributed by atoms with E-state index >= 15 is 0 Å². The second-order valence-corrected chi connectivity index (χ2v) is 31.6. The van der Waals surface area contributed by atoms with Crippen molar-refractivity contribution < 1.29 is 133 Å². The number of likely N-dealkylation sites (N-methyl/N-ethyl adjacent to an activating group) is 2. The molecule has 1 saturated heterocycles. The Bertz CT molecular complexity index is 3430. The first-order valence-electron chi connectivity index (χ1n) is 44.1. The van der Waals surface area contributed by atoms with Gasteiger partial charge in [-0.1, -0.05) is 85.2 Å². The van der Waals surface area contributed by atoms with Gasteiger partial charge in [-0.3, -0.25) is 67.3 Å². The number of nitrogens with one attached hydrogen (secondary N) is 8. The summed E-state index contributed by atoms with van der Waals surface area (Å²) < 4.78 is 77.0. The molecule has 0 bridgehead atoms. The van der Waals surface area contributed by atoms with E-state index in [1.54, 1.807) is 30.9 Å². The van der Waals surface area contributed by atoms with Gasteiger partial charge in [-0.15, -0.1) is 0 Å². The monoisotopic (exact) mass is 1810 g/mol. The van der Waals surface area contributed by atoms with Crippen molar-refractivity contribution in [2.75, 3.05) is 220 Å². The molecule has 722 valence electrons. The zero-order valence-corrected chi connectivity index (χ0v) is 77.1. The molecule has 127 heavy (non-hydrogen) atoms. The molecule has 2 heterocycles. The number of alkyl carbamates (subject to hydrolysis) is 1. The molecule has 0 radical (unpaired) electrons. The van der Waals surface area contributed by atoms with Gasteiger partial charge in [0.25, 0.3) is 11.8 Å². The maximum atomic E-state index is 14.6. The van der Waals surface area contributed by atoms with Gasteiger partial charge < -0.3 is 119 Å². The third-order valence-electron chi connectivity index (χ3n) is 20.9. The zero-order valence-electron chi connectivity index (χ0n) is 77.1. The van der Waals surface area contributed by atoms with Crippen molar-refractivity contribution in [3.63, 3.8) is 0 Å². The number of ether oxygens (including phenoxy) is 14. The van der Waals surface area contributed by atoms with Crippen LogP contribution in [0.4, 0.5) is 4.79 Å². The SMILES string of the molecule is CC[C@H](C)[C@@H]([C@@H](CC(=O)N1CCC[C@H]1[C@H](OC)[C@@H](C)C(=O)N[C@@H](Cc1ccccc1)C(=O)NCCCOC(=O)C(C)NC(=O)CCNC(=O)OCC(NC(=O)CNC(=O)CCOCCOCCCC(=O)CCN1C(=O)C=CC1=O)C(=O)NCCOCCOCCOCCOCCOCCOCCOCCOC)OC)N(C)C(=O)[C@@H](NC(=O)[C@H](C(C)C)N(C)C)C(C)C. The van der Waals surface area contributed by atoms with E-state index in [1.165, 1.54) is 21.1 Å². The minimum atomic E-state index is -1.47. The lowest BCUT2D eigenvalue weighted by Gasteiger charge is -2.41. The summed E-state index contributed by atoms with van der Waals surface area (Å²) in [6, 6.07) is 2.98. The van der Waals surface area contributed by atoms with E-state index in [9.17, 15) is 67.1 Å². The first-order chi connectivity index (χ1) is 60.9. The zero-order chi connectivity index (χ0) is 93.9. The van der Waals surface area contributed by atoms with Gasteiger partial charge in [-0.2, -0.15) is 0 Å². The van der Waals surface area contributed by atoms with Gasteiger partial charge in [0.05, 0.1) is 175 Å². The average molecular weight is 1810 g/mol. The fourth-order valence-corrected chi connectivity index (χ4v) is 13.8. The lowest BCUT2D eigenvalue weighted by molar-refractivity contribution is -0.148. The van der Waals surface area contributed by atoms with Crippen LogP contribution in [0.2, 0.25) is 0 Å². The molecule has 1 aromatic rings. The van der Waals surface area contributed by atoms with Crippen LogP contribution >= 0.6 is 0 Å². The highest BCUT2D eigenvalue weighted by Gasteiger charge is 2.44. The summed E-state index contributed by atoms with van der Waals surface area (Å²) in [5, 5.41) is 21.1. The standard InChI is InChI=1S/C87H146N12O28/c1-15-62(6)79(97(11)85(111)77(60(2)3)95-84(110)78(61(4)5)96(9)10)70(115-13)57-76(106)98-34-19-25-69(98)80(116-14)63(7)81(107)94-67(56-65-22-17-16-18-23-65)82(108)88-31-21-37-126-86(112)64(8)92-72(102)28-32-90-87(113)127-59-68(83(109)89-33-39-119-44-45-121-48-49-123-52-53-125-55-54-124-51-50-122-47-46-120-41-40-114-12)93-73(103)58-91-71(101)30-38-118-43-42-117-36-20-24-66(100)29-35-99-74(104)26-27-75(99)105/h16-18,22-23,26-27,60-64,67-70,77-80H,15,19-21,24-25,28-59H2,1-14H3,(H,88,108)(H,89,109)(H,90,113)(H,91,101)(H,92,102)(H,93,103)(H,94,107)(H,95,110)/t62-,63+,64?,67-,68?,69-,70+,77-,78-,79-,80+/m0/s1. The van der Waals surface area contributed by atoms with E-state index in [0.29, 0.717) is 105 Å². The molecule has 0 spiro atoms. The number of Topliss-reactive ketones (excluding diaryl/α,β-unsaturated/α-hetero) is 1. The Morgan fingerprint density at radius 1 is 0.512 bits per heavy atom. The number of amides is 12. The van der Waals surface area contributed by atoms with Gasteiger partial charge in [0.15, 0.2) is 0 Å². The van der Waals surface area contributed by atoms with Crippen LogP contribution in [0.25, 0.3) is 0 Å². The van der Waals surface area contributed by atoms with E-state index in [0.717, 1.165) is 22.6 Å². The number of carbonyl (C=O) groups is 14. The molecule has 1 fully saturated rings. The van der Waals surface area contributed by atoms with Gasteiger partial charge in [0.1, 0.15) is 36.6 Å². The highest BCUT2D eigenvalue weighted by molar-refractivity contribution is 6.13. The van der Waals surface area contributed by atoms with Crippen molar-refractivity contribution >= 4 is 82.8 Å². The van der Waals surface area contributed by atoms with Gasteiger partial charge in [-0.25, -0.2) is 9.59 Å². The second-order valence-electron chi connectivity index (χ2n) is 31.6. The first-order valence-corrected chi connectivity index (χ1v) is 44.1. The molecule has 2 aliphatic heterocycles. The van der Waals surface area contributed by atoms with Gasteiger partial charge in [-0.05, 0) is 70.0 Å². The number of imide groups is 1. The summed E-state index contributed by atoms with van der Waals surface area (Å²) in [7, 11) is 9.93. The van der Waals surface area contributed by atoms with Crippen LogP contribution in [0.15, 0.2) is 42.5 Å². The van der Waals surface area contributed by atoms with Crippen molar-refractivity contribution in [3.8, 4) is 0 Å². The molecule has 40 heteroatoms. The number of hydrogen-bond donors (Lipinski definition) is 8. The summed E-state index contributed by atoms with van der Waals surface area (Å²) >= 11 is 0. The Morgan fingerprint density at radius 2 is 1.07 bits per heavy atom. The summed E-state index contributed by atoms with van der Waals surface area (Å²) in [4.78, 5) is 191. The van der Waals surface area contributed by atoms with Crippen molar-refractivity contribution in [1.29, 1.82) is 0 Å².